The number of aliphatic hydroxyl groups excluding tert-OH is 1. The van der Waals surface area contributed by atoms with Gasteiger partial charge in [-0.2, -0.15) is 0 Å². The van der Waals surface area contributed by atoms with E-state index in [4.69, 9.17) is 10.2 Å². The summed E-state index contributed by atoms with van der Waals surface area (Å²) >= 11 is 0. The van der Waals surface area contributed by atoms with Gasteiger partial charge in [0.15, 0.2) is 0 Å². The van der Waals surface area contributed by atoms with Crippen molar-refractivity contribution in [3.8, 4) is 5.75 Å². The number of phenolic OH excluding ortho intramolecular Hbond substituents is 1. The van der Waals surface area contributed by atoms with E-state index < -0.39 is 0 Å². The molecule has 0 aliphatic rings. The van der Waals surface area contributed by atoms with Crippen molar-refractivity contribution in [1.82, 2.24) is 0 Å². The van der Waals surface area contributed by atoms with E-state index in [1.807, 2.05) is 0 Å². The predicted molar refractivity (Wildman–Crippen MR) is 63.4 cm³/mol. The molecule has 1 aromatic rings. The van der Waals surface area contributed by atoms with Gasteiger partial charge in [-0.15, -0.1) is 0 Å². The van der Waals surface area contributed by atoms with Gasteiger partial charge in [0, 0.05) is 18.7 Å². The van der Waals surface area contributed by atoms with E-state index in [0.29, 0.717) is 5.69 Å². The molecule has 1 amide bonds. The largest absolute Gasteiger partial charge is 0.508 e. The van der Waals surface area contributed by atoms with Gasteiger partial charge in [-0.1, -0.05) is 0 Å². The van der Waals surface area contributed by atoms with Crippen molar-refractivity contribution >= 4 is 11.6 Å². The zero-order valence-corrected chi connectivity index (χ0v) is 9.69. The highest BCUT2D eigenvalue weighted by atomic mass is 16.3. The van der Waals surface area contributed by atoms with Gasteiger partial charge >= 0.3 is 0 Å². The number of aromatic hydroxyl groups is 1. The van der Waals surface area contributed by atoms with Crippen LogP contribution in [0, 0.1) is 0 Å². The van der Waals surface area contributed by atoms with Crippen LogP contribution in [0.3, 0.4) is 0 Å². The Labute approximate surface area is 95.0 Å². The first-order valence-electron chi connectivity index (χ1n) is 4.66. The van der Waals surface area contributed by atoms with E-state index in [1.165, 1.54) is 19.1 Å². The van der Waals surface area contributed by atoms with Crippen LogP contribution in [0.4, 0.5) is 5.69 Å². The van der Waals surface area contributed by atoms with Crippen molar-refractivity contribution in [3.63, 3.8) is 0 Å². The molecule has 0 unspecified atom stereocenters. The number of carbonyl (C=O) groups is 1. The number of carbonyl (C=O) groups excluding carboxylic acids is 1. The summed E-state index contributed by atoms with van der Waals surface area (Å²) in [4.78, 5) is 10.5. The van der Waals surface area contributed by atoms with Gasteiger partial charge < -0.3 is 21.0 Å². The van der Waals surface area contributed by atoms with E-state index in [0.717, 1.165) is 0 Å². The topological polar surface area (TPSA) is 101 Å². The second-order valence-corrected chi connectivity index (χ2v) is 3.32. The molecule has 0 bridgehead atoms. The third kappa shape index (κ3) is 10.5. The molecule has 5 heteroatoms. The molecule has 0 fully saturated rings. The fourth-order valence-electron chi connectivity index (χ4n) is 0.748. The lowest BCUT2D eigenvalue weighted by Gasteiger charge is -1.99. The minimum absolute atomic E-state index is 0. The lowest BCUT2D eigenvalue weighted by Crippen LogP contribution is -2.04. The smallest absolute Gasteiger partial charge is 0.221 e. The zero-order valence-electron chi connectivity index (χ0n) is 9.69. The summed E-state index contributed by atoms with van der Waals surface area (Å²) in [7, 11) is 0. The first kappa shape index (κ1) is 16.8. The second kappa shape index (κ2) is 8.70. The molecule has 0 heterocycles. The Morgan fingerprint density at radius 3 is 1.94 bits per heavy atom. The number of benzene rings is 1. The Balaban J connectivity index is 0. The standard InChI is InChI=1S/C8H9NO2.C3H8O.H2O/c1-6(10)9-7-2-4-8(11)5-3-7;1-3(2)4;/h2-5,11H,1H3,(H,9,10);3-4H,1-2H3;1H2. The summed E-state index contributed by atoms with van der Waals surface area (Å²) in [6, 6.07) is 6.31. The molecule has 0 saturated heterocycles. The molecule has 0 aromatic heterocycles. The molecule has 5 nitrogen and oxygen atoms in total. The third-order valence-electron chi connectivity index (χ3n) is 1.19. The van der Waals surface area contributed by atoms with Gasteiger partial charge in [0.1, 0.15) is 5.75 Å². The molecule has 5 N–H and O–H groups in total. The van der Waals surface area contributed by atoms with Gasteiger partial charge in [-0.3, -0.25) is 4.79 Å². The Hall–Kier alpha value is -1.59. The van der Waals surface area contributed by atoms with Gasteiger partial charge in [0.2, 0.25) is 5.91 Å². The van der Waals surface area contributed by atoms with E-state index in [9.17, 15) is 4.79 Å². The van der Waals surface area contributed by atoms with Crippen LogP contribution in [0.1, 0.15) is 20.8 Å². The van der Waals surface area contributed by atoms with Crippen LogP contribution < -0.4 is 5.32 Å². The fraction of sp³-hybridized carbons (Fsp3) is 0.364. The van der Waals surface area contributed by atoms with Crippen LogP contribution in [0.2, 0.25) is 0 Å². The van der Waals surface area contributed by atoms with Crippen LogP contribution in [-0.4, -0.2) is 27.7 Å². The van der Waals surface area contributed by atoms with E-state index in [2.05, 4.69) is 5.32 Å². The number of anilines is 1. The summed E-state index contributed by atoms with van der Waals surface area (Å²) in [5.74, 6) is 0.0785. The Morgan fingerprint density at radius 2 is 1.62 bits per heavy atom. The number of aliphatic hydroxyl groups is 1. The molecule has 92 valence electrons. The molecular formula is C11H19NO4. The molecule has 0 aliphatic carbocycles. The number of nitrogens with one attached hydrogen (secondary N) is 1. The average molecular weight is 229 g/mol. The summed E-state index contributed by atoms with van der Waals surface area (Å²) < 4.78 is 0. The molecule has 1 aromatic carbocycles. The zero-order chi connectivity index (χ0) is 11.8. The van der Waals surface area contributed by atoms with Crippen molar-refractivity contribution in [2.75, 3.05) is 5.32 Å². The minimum atomic E-state index is -0.167. The number of amides is 1. The molecule has 0 atom stereocenters. The van der Waals surface area contributed by atoms with E-state index >= 15 is 0 Å². The molecule has 0 aliphatic heterocycles. The normalized spacial score (nSPS) is 8.56. The summed E-state index contributed by atoms with van der Waals surface area (Å²) in [6.45, 7) is 4.88. The summed E-state index contributed by atoms with van der Waals surface area (Å²) in [5, 5.41) is 19.5. The van der Waals surface area contributed by atoms with Gasteiger partial charge in [-0.05, 0) is 38.1 Å². The van der Waals surface area contributed by atoms with Gasteiger partial charge in [0.05, 0.1) is 0 Å². The SMILES string of the molecule is CC(=O)Nc1ccc(O)cc1.CC(C)O.O. The summed E-state index contributed by atoms with van der Waals surface area (Å²) in [5.41, 5.74) is 0.690. The van der Waals surface area contributed by atoms with Gasteiger partial charge in [-0.25, -0.2) is 0 Å². The van der Waals surface area contributed by atoms with E-state index in [1.54, 1.807) is 26.0 Å². The average Bonchev–Trinajstić information content (AvgIpc) is 2.07. The maximum absolute atomic E-state index is 10.5. The van der Waals surface area contributed by atoms with Crippen LogP contribution in [0.5, 0.6) is 5.75 Å². The fourth-order valence-corrected chi connectivity index (χ4v) is 0.748. The maximum Gasteiger partial charge on any atom is 0.221 e. The predicted octanol–water partition coefficient (Wildman–Crippen LogP) is 0.913. The Morgan fingerprint density at radius 1 is 1.25 bits per heavy atom. The monoisotopic (exact) mass is 229 g/mol. The highest BCUT2D eigenvalue weighted by Gasteiger charge is 1.93. The minimum Gasteiger partial charge on any atom is -0.508 e. The van der Waals surface area contributed by atoms with Crippen LogP contribution in [0.15, 0.2) is 24.3 Å². The Bertz CT molecular complexity index is 293. The third-order valence-corrected chi connectivity index (χ3v) is 1.19. The van der Waals surface area contributed by atoms with E-state index in [-0.39, 0.29) is 23.2 Å². The lowest BCUT2D eigenvalue weighted by atomic mass is 10.3. The first-order valence-corrected chi connectivity index (χ1v) is 4.66. The van der Waals surface area contributed by atoms with Gasteiger partial charge in [0.25, 0.3) is 0 Å². The highest BCUT2D eigenvalue weighted by Crippen LogP contribution is 2.13. The maximum atomic E-state index is 10.5. The lowest BCUT2D eigenvalue weighted by molar-refractivity contribution is -0.114. The quantitative estimate of drug-likeness (QED) is 0.624. The molecule has 0 spiro atoms. The summed E-state index contributed by atoms with van der Waals surface area (Å²) in [6.07, 6.45) is -0.167. The van der Waals surface area contributed by atoms with Crippen LogP contribution >= 0.6 is 0 Å². The number of hydrogen-bond donors (Lipinski definition) is 3. The van der Waals surface area contributed by atoms with Crippen molar-refractivity contribution in [1.29, 1.82) is 0 Å². The number of hydrogen-bond acceptors (Lipinski definition) is 3. The molecule has 0 radical (unpaired) electrons. The highest BCUT2D eigenvalue weighted by molar-refractivity contribution is 5.88. The second-order valence-electron chi connectivity index (χ2n) is 3.32. The number of phenols is 1. The molecule has 1 rings (SSSR count). The Kier molecular flexibility index (Phi) is 9.15. The van der Waals surface area contributed by atoms with Crippen molar-refractivity contribution in [3.05, 3.63) is 24.3 Å². The molecular weight excluding hydrogens is 210 g/mol. The first-order chi connectivity index (χ1) is 6.91. The number of rotatable bonds is 1. The van der Waals surface area contributed by atoms with Crippen LogP contribution in [0.25, 0.3) is 0 Å². The van der Waals surface area contributed by atoms with Crippen molar-refractivity contribution in [2.45, 2.75) is 26.9 Å². The van der Waals surface area contributed by atoms with Crippen molar-refractivity contribution in [2.24, 2.45) is 0 Å². The van der Waals surface area contributed by atoms with Crippen LogP contribution in [-0.2, 0) is 4.79 Å². The molecule has 0 saturated carbocycles. The molecule has 16 heavy (non-hydrogen) atoms. The van der Waals surface area contributed by atoms with Crippen molar-refractivity contribution < 1.29 is 20.5 Å².